The Labute approximate surface area is 106 Å². The van der Waals surface area contributed by atoms with Gasteiger partial charge in [-0.2, -0.15) is 5.71 Å². The van der Waals surface area contributed by atoms with Gasteiger partial charge >= 0.3 is 5.82 Å². The molecule has 18 heavy (non-hydrogen) atoms. The zero-order valence-corrected chi connectivity index (χ0v) is 11.0. The standard InChI is InChI=1S/C13H16N3O2/c1-12(2)13(3,4)16(18)11(15(12)17)9-5-7-10(14)8-6-9/h5-8H,1-4H3/q-1. The van der Waals surface area contributed by atoms with Crippen molar-refractivity contribution in [3.63, 3.8) is 0 Å². The first-order valence-corrected chi connectivity index (χ1v) is 5.80. The van der Waals surface area contributed by atoms with Crippen molar-refractivity contribution < 1.29 is 4.76 Å². The molecule has 0 saturated carbocycles. The van der Waals surface area contributed by atoms with Crippen LogP contribution in [0.25, 0.3) is 5.41 Å². The predicted molar refractivity (Wildman–Crippen MR) is 70.7 cm³/mol. The van der Waals surface area contributed by atoms with Gasteiger partial charge in [-0.05, 0) is 44.6 Å². The van der Waals surface area contributed by atoms with E-state index in [4.69, 9.17) is 0 Å². The lowest BCUT2D eigenvalue weighted by atomic mass is 9.84. The topological polar surface area (TPSA) is 68.7 Å². The third-order valence-corrected chi connectivity index (χ3v) is 4.02. The number of rotatable bonds is 0. The van der Waals surface area contributed by atoms with Crippen LogP contribution in [0.1, 0.15) is 27.7 Å². The molecule has 2 rings (SSSR count). The minimum Gasteiger partial charge on any atom is -0.804 e. The Morgan fingerprint density at radius 3 is 2.06 bits per heavy atom. The second-order valence-corrected chi connectivity index (χ2v) is 5.58. The molecule has 1 heterocycles. The summed E-state index contributed by atoms with van der Waals surface area (Å²) in [7, 11) is 0. The SMILES string of the molecule is CC1(C)N([O-])C(=C2C=CC(=[N-])C=C2)[N+](=O)C1(C)C. The molecule has 5 heteroatoms. The van der Waals surface area contributed by atoms with Gasteiger partial charge in [-0.3, -0.25) is 5.06 Å². The van der Waals surface area contributed by atoms with Gasteiger partial charge in [0.1, 0.15) is 5.54 Å². The van der Waals surface area contributed by atoms with Gasteiger partial charge in [0.2, 0.25) is 0 Å². The molecule has 0 spiro atoms. The largest absolute Gasteiger partial charge is 0.804 e. The van der Waals surface area contributed by atoms with Gasteiger partial charge in [0, 0.05) is 0 Å². The van der Waals surface area contributed by atoms with E-state index in [9.17, 15) is 15.5 Å². The van der Waals surface area contributed by atoms with Crippen molar-refractivity contribution in [1.29, 1.82) is 0 Å². The van der Waals surface area contributed by atoms with Crippen molar-refractivity contribution in [2.75, 3.05) is 0 Å². The van der Waals surface area contributed by atoms with Crippen LogP contribution in [0.2, 0.25) is 0 Å². The van der Waals surface area contributed by atoms with E-state index >= 15 is 0 Å². The van der Waals surface area contributed by atoms with Gasteiger partial charge in [0.05, 0.1) is 5.57 Å². The lowest BCUT2D eigenvalue weighted by molar-refractivity contribution is -0.566. The minimum absolute atomic E-state index is 0.0880. The molecule has 0 bridgehead atoms. The maximum Gasteiger partial charge on any atom is 0.320 e. The Morgan fingerprint density at radius 1 is 1.17 bits per heavy atom. The number of nitroso groups, excluding NO2 is 1. The third-order valence-electron chi connectivity index (χ3n) is 4.02. The van der Waals surface area contributed by atoms with Crippen molar-refractivity contribution in [3.05, 3.63) is 51.2 Å². The van der Waals surface area contributed by atoms with Crippen LogP contribution >= 0.6 is 0 Å². The molecule has 0 radical (unpaired) electrons. The maximum absolute atomic E-state index is 12.3. The molecule has 0 aromatic carbocycles. The highest BCUT2D eigenvalue weighted by atomic mass is 16.5. The number of hydroxylamine groups is 2. The first kappa shape index (κ1) is 12.7. The molecule has 1 saturated heterocycles. The summed E-state index contributed by atoms with van der Waals surface area (Å²) in [5.74, 6) is 0.0880. The van der Waals surface area contributed by atoms with Crippen LogP contribution in [0, 0.1) is 10.1 Å². The van der Waals surface area contributed by atoms with Crippen LogP contribution < -0.4 is 0 Å². The molecule has 0 aromatic heterocycles. The molecule has 1 aliphatic carbocycles. The summed E-state index contributed by atoms with van der Waals surface area (Å²) in [5.41, 5.74) is -1.02. The molecule has 96 valence electrons. The van der Waals surface area contributed by atoms with Gasteiger partial charge in [-0.1, -0.05) is 17.1 Å². The highest BCUT2D eigenvalue weighted by Crippen LogP contribution is 2.43. The normalized spacial score (nSPS) is 25.3. The van der Waals surface area contributed by atoms with Gasteiger partial charge in [-0.25, -0.2) is 0 Å². The quantitative estimate of drug-likeness (QED) is 0.616. The second kappa shape index (κ2) is 3.62. The fourth-order valence-electron chi connectivity index (χ4n) is 1.95. The predicted octanol–water partition coefficient (Wildman–Crippen LogP) is 2.48. The molecule has 1 aliphatic heterocycles. The molecule has 0 N–H and O–H groups in total. The maximum atomic E-state index is 12.3. The van der Waals surface area contributed by atoms with E-state index in [1.165, 1.54) is 12.2 Å². The van der Waals surface area contributed by atoms with Gasteiger partial charge in [0.25, 0.3) is 0 Å². The fourth-order valence-corrected chi connectivity index (χ4v) is 1.95. The summed E-state index contributed by atoms with van der Waals surface area (Å²) >= 11 is 0. The smallest absolute Gasteiger partial charge is 0.320 e. The van der Waals surface area contributed by atoms with Crippen LogP contribution in [0.3, 0.4) is 0 Å². The molecule has 0 aromatic rings. The summed E-state index contributed by atoms with van der Waals surface area (Å²) in [4.78, 5) is 12.3. The minimum atomic E-state index is -0.817. The van der Waals surface area contributed by atoms with E-state index in [2.05, 4.69) is 0 Å². The van der Waals surface area contributed by atoms with E-state index < -0.39 is 11.1 Å². The van der Waals surface area contributed by atoms with E-state index in [-0.39, 0.29) is 11.5 Å². The molecule has 0 atom stereocenters. The monoisotopic (exact) mass is 246 g/mol. The number of hydrogen-bond acceptors (Lipinski definition) is 3. The molecular formula is C13H16N3O2-. The number of nitrogens with zero attached hydrogens (tertiary/aromatic N) is 3. The Bertz CT molecular complexity index is 506. The summed E-state index contributed by atoms with van der Waals surface area (Å²) in [6, 6.07) is 0. The second-order valence-electron chi connectivity index (χ2n) is 5.58. The first-order valence-electron chi connectivity index (χ1n) is 5.80. The third kappa shape index (κ3) is 1.47. The Kier molecular flexibility index (Phi) is 2.55. The number of hydrogen-bond donors (Lipinski definition) is 0. The molecule has 1 fully saturated rings. The van der Waals surface area contributed by atoms with Crippen molar-refractivity contribution in [1.82, 2.24) is 5.06 Å². The average Bonchev–Trinajstić information content (AvgIpc) is 2.41. The molecule has 0 unspecified atom stereocenters. The van der Waals surface area contributed by atoms with E-state index in [0.717, 1.165) is 9.82 Å². The Morgan fingerprint density at radius 2 is 1.67 bits per heavy atom. The zero-order valence-electron chi connectivity index (χ0n) is 11.0. The summed E-state index contributed by atoms with van der Waals surface area (Å²) in [6.07, 6.45) is 6.06. The Hall–Kier alpha value is -1.75. The summed E-state index contributed by atoms with van der Waals surface area (Å²) < 4.78 is 0.756. The number of allylic oxidation sites excluding steroid dienone is 5. The van der Waals surface area contributed by atoms with Crippen LogP contribution in [0.4, 0.5) is 0 Å². The molecule has 0 amide bonds. The van der Waals surface area contributed by atoms with Crippen LogP contribution in [0.15, 0.2) is 35.7 Å². The lowest BCUT2D eigenvalue weighted by Crippen LogP contribution is -2.50. The van der Waals surface area contributed by atoms with E-state index in [0.29, 0.717) is 5.57 Å². The average molecular weight is 246 g/mol. The highest BCUT2D eigenvalue weighted by Gasteiger charge is 2.61. The van der Waals surface area contributed by atoms with Crippen LogP contribution in [0.5, 0.6) is 0 Å². The fraction of sp³-hybridized carbons (Fsp3) is 0.462. The summed E-state index contributed by atoms with van der Waals surface area (Å²) in [6.45, 7) is 6.99. The van der Waals surface area contributed by atoms with Gasteiger partial charge in [0.15, 0.2) is 5.54 Å². The van der Waals surface area contributed by atoms with Crippen molar-refractivity contribution in [3.8, 4) is 0 Å². The molecule has 5 nitrogen and oxygen atoms in total. The van der Waals surface area contributed by atoms with Gasteiger partial charge in [-0.15, -0.1) is 0 Å². The Balaban J connectivity index is 2.58. The summed E-state index contributed by atoms with van der Waals surface area (Å²) in [5, 5.41) is 22.3. The van der Waals surface area contributed by atoms with Gasteiger partial charge < -0.3 is 10.6 Å². The van der Waals surface area contributed by atoms with Crippen molar-refractivity contribution in [2.45, 2.75) is 38.8 Å². The van der Waals surface area contributed by atoms with Crippen LogP contribution in [-0.2, 0) is 0 Å². The molecular weight excluding hydrogens is 230 g/mol. The highest BCUT2D eigenvalue weighted by molar-refractivity contribution is 6.08. The first-order chi connectivity index (χ1) is 8.19. The van der Waals surface area contributed by atoms with Crippen molar-refractivity contribution in [2.24, 2.45) is 0 Å². The lowest BCUT2D eigenvalue weighted by Gasteiger charge is -2.34. The van der Waals surface area contributed by atoms with E-state index in [1.807, 2.05) is 0 Å². The molecule has 2 aliphatic rings. The van der Waals surface area contributed by atoms with Crippen LogP contribution in [-0.4, -0.2) is 26.6 Å². The van der Waals surface area contributed by atoms with E-state index in [1.54, 1.807) is 39.8 Å². The van der Waals surface area contributed by atoms with Crippen molar-refractivity contribution >= 4 is 5.71 Å². The zero-order chi connectivity index (χ0) is 13.7.